The number of rotatable bonds is 4. The van der Waals surface area contributed by atoms with Gasteiger partial charge in [-0.1, -0.05) is 25.1 Å². The van der Waals surface area contributed by atoms with Crippen LogP contribution in [0.3, 0.4) is 0 Å². The molecule has 0 aromatic heterocycles. The number of hydrogen-bond donors (Lipinski definition) is 1. The van der Waals surface area contributed by atoms with Crippen LogP contribution in [0.15, 0.2) is 24.3 Å². The second kappa shape index (κ2) is 6.30. The summed E-state index contributed by atoms with van der Waals surface area (Å²) in [5.41, 5.74) is 0.799. The van der Waals surface area contributed by atoms with Gasteiger partial charge >= 0.3 is 0 Å². The van der Waals surface area contributed by atoms with Crippen molar-refractivity contribution in [1.82, 2.24) is 10.2 Å². The number of halogens is 1. The Morgan fingerprint density at radius 3 is 2.89 bits per heavy atom. The molecule has 1 aliphatic heterocycles. The Balaban J connectivity index is 2.03. The second-order valence-electron chi connectivity index (χ2n) is 5.25. The molecular formula is C15H23FN2. The van der Waals surface area contributed by atoms with E-state index in [1.165, 1.54) is 19.4 Å². The Hall–Kier alpha value is -0.930. The maximum atomic E-state index is 13.8. The van der Waals surface area contributed by atoms with Gasteiger partial charge in [0, 0.05) is 24.2 Å². The van der Waals surface area contributed by atoms with Crippen molar-refractivity contribution < 1.29 is 4.39 Å². The molecule has 1 saturated heterocycles. The predicted octanol–water partition coefficient (Wildman–Crippen LogP) is 2.96. The van der Waals surface area contributed by atoms with Gasteiger partial charge in [-0.2, -0.15) is 0 Å². The van der Waals surface area contributed by atoms with Crippen molar-refractivity contribution in [3.8, 4) is 0 Å². The van der Waals surface area contributed by atoms with Crippen LogP contribution in [0.5, 0.6) is 0 Å². The van der Waals surface area contributed by atoms with E-state index in [0.717, 1.165) is 18.5 Å². The van der Waals surface area contributed by atoms with Crippen LogP contribution in [0.1, 0.15) is 37.8 Å². The average Bonchev–Trinajstić information content (AvgIpc) is 2.37. The van der Waals surface area contributed by atoms with Crippen molar-refractivity contribution in [2.24, 2.45) is 0 Å². The van der Waals surface area contributed by atoms with Crippen molar-refractivity contribution in [1.29, 1.82) is 0 Å². The molecule has 1 fully saturated rings. The molecule has 2 rings (SSSR count). The summed E-state index contributed by atoms with van der Waals surface area (Å²) < 4.78 is 13.8. The van der Waals surface area contributed by atoms with E-state index in [2.05, 4.69) is 24.2 Å². The lowest BCUT2D eigenvalue weighted by molar-refractivity contribution is 0.214. The molecular weight excluding hydrogens is 227 g/mol. The molecule has 0 amide bonds. The normalized spacial score (nSPS) is 22.9. The minimum Gasteiger partial charge on any atom is -0.306 e. The molecule has 0 spiro atoms. The van der Waals surface area contributed by atoms with Gasteiger partial charge in [-0.15, -0.1) is 0 Å². The molecule has 0 bridgehead atoms. The summed E-state index contributed by atoms with van der Waals surface area (Å²) in [6.07, 6.45) is 3.33. The van der Waals surface area contributed by atoms with Crippen LogP contribution in [0.4, 0.5) is 4.39 Å². The van der Waals surface area contributed by atoms with Crippen LogP contribution in [0.2, 0.25) is 0 Å². The van der Waals surface area contributed by atoms with Crippen LogP contribution in [0, 0.1) is 5.82 Å². The third kappa shape index (κ3) is 3.30. The Morgan fingerprint density at radius 1 is 1.44 bits per heavy atom. The summed E-state index contributed by atoms with van der Waals surface area (Å²) in [7, 11) is 2.15. The van der Waals surface area contributed by atoms with E-state index in [1.54, 1.807) is 12.1 Å². The maximum absolute atomic E-state index is 13.8. The molecule has 1 N–H and O–H groups in total. The van der Waals surface area contributed by atoms with Crippen molar-refractivity contribution in [3.63, 3.8) is 0 Å². The van der Waals surface area contributed by atoms with E-state index >= 15 is 0 Å². The minimum atomic E-state index is -0.0963. The molecule has 2 atom stereocenters. The highest BCUT2D eigenvalue weighted by molar-refractivity contribution is 5.21. The van der Waals surface area contributed by atoms with Crippen LogP contribution < -0.4 is 5.32 Å². The molecule has 0 radical (unpaired) electrons. The van der Waals surface area contributed by atoms with Crippen molar-refractivity contribution in [3.05, 3.63) is 35.6 Å². The summed E-state index contributed by atoms with van der Waals surface area (Å²) in [6, 6.07) is 7.71. The fourth-order valence-corrected chi connectivity index (χ4v) is 2.77. The van der Waals surface area contributed by atoms with Gasteiger partial charge < -0.3 is 10.2 Å². The molecule has 1 aromatic rings. The van der Waals surface area contributed by atoms with E-state index in [9.17, 15) is 4.39 Å². The van der Waals surface area contributed by atoms with Gasteiger partial charge in [-0.05, 0) is 38.9 Å². The largest absolute Gasteiger partial charge is 0.306 e. The number of likely N-dealkylation sites (tertiary alicyclic amines) is 1. The fraction of sp³-hybridized carbons (Fsp3) is 0.600. The van der Waals surface area contributed by atoms with Crippen LogP contribution in [0.25, 0.3) is 0 Å². The van der Waals surface area contributed by atoms with Gasteiger partial charge in [0.25, 0.3) is 0 Å². The molecule has 1 heterocycles. The molecule has 1 aromatic carbocycles. The fourth-order valence-electron chi connectivity index (χ4n) is 2.77. The SMILES string of the molecule is CCC(NC1CCCN(C)C1)c1ccccc1F. The quantitative estimate of drug-likeness (QED) is 0.884. The Labute approximate surface area is 109 Å². The number of benzene rings is 1. The summed E-state index contributed by atoms with van der Waals surface area (Å²) in [5.74, 6) is -0.0963. The highest BCUT2D eigenvalue weighted by Crippen LogP contribution is 2.22. The van der Waals surface area contributed by atoms with E-state index in [1.807, 2.05) is 12.1 Å². The Morgan fingerprint density at radius 2 is 2.22 bits per heavy atom. The zero-order chi connectivity index (χ0) is 13.0. The van der Waals surface area contributed by atoms with Gasteiger partial charge in [0.1, 0.15) is 5.82 Å². The number of likely N-dealkylation sites (N-methyl/N-ethyl adjacent to an activating group) is 1. The third-order valence-electron chi connectivity index (χ3n) is 3.75. The van der Waals surface area contributed by atoms with Crippen LogP contribution in [-0.4, -0.2) is 31.1 Å². The molecule has 2 nitrogen and oxygen atoms in total. The number of piperidine rings is 1. The van der Waals surface area contributed by atoms with Gasteiger partial charge in [0.15, 0.2) is 0 Å². The Kier molecular flexibility index (Phi) is 4.72. The molecule has 0 saturated carbocycles. The summed E-state index contributed by atoms with van der Waals surface area (Å²) in [4.78, 5) is 2.34. The highest BCUT2D eigenvalue weighted by Gasteiger charge is 2.21. The Bertz CT molecular complexity index is 381. The summed E-state index contributed by atoms with van der Waals surface area (Å²) in [5, 5.41) is 3.61. The van der Waals surface area contributed by atoms with E-state index in [4.69, 9.17) is 0 Å². The molecule has 3 heteroatoms. The topological polar surface area (TPSA) is 15.3 Å². The minimum absolute atomic E-state index is 0.0963. The van der Waals surface area contributed by atoms with Crippen molar-refractivity contribution in [2.75, 3.05) is 20.1 Å². The first kappa shape index (κ1) is 13.5. The zero-order valence-corrected chi connectivity index (χ0v) is 11.3. The van der Waals surface area contributed by atoms with Gasteiger partial charge in [-0.3, -0.25) is 0 Å². The van der Waals surface area contributed by atoms with Crippen molar-refractivity contribution in [2.45, 2.75) is 38.3 Å². The maximum Gasteiger partial charge on any atom is 0.127 e. The number of nitrogens with zero attached hydrogens (tertiary/aromatic N) is 1. The van der Waals surface area contributed by atoms with Crippen molar-refractivity contribution >= 4 is 0 Å². The highest BCUT2D eigenvalue weighted by atomic mass is 19.1. The van der Waals surface area contributed by atoms with E-state index in [0.29, 0.717) is 6.04 Å². The van der Waals surface area contributed by atoms with Crippen LogP contribution in [-0.2, 0) is 0 Å². The lowest BCUT2D eigenvalue weighted by atomic mass is 10.00. The lowest BCUT2D eigenvalue weighted by Gasteiger charge is -2.33. The van der Waals surface area contributed by atoms with E-state index in [-0.39, 0.29) is 11.9 Å². The third-order valence-corrected chi connectivity index (χ3v) is 3.75. The first-order valence-electron chi connectivity index (χ1n) is 6.89. The zero-order valence-electron chi connectivity index (χ0n) is 11.3. The van der Waals surface area contributed by atoms with Gasteiger partial charge in [0.05, 0.1) is 0 Å². The molecule has 2 unspecified atom stereocenters. The number of nitrogens with one attached hydrogen (secondary N) is 1. The summed E-state index contributed by atoms with van der Waals surface area (Å²) in [6.45, 7) is 4.34. The van der Waals surface area contributed by atoms with E-state index < -0.39 is 0 Å². The lowest BCUT2D eigenvalue weighted by Crippen LogP contribution is -2.45. The molecule has 1 aliphatic rings. The standard InChI is InChI=1S/C15H23FN2/c1-3-15(13-8-4-5-9-14(13)16)17-12-7-6-10-18(2)11-12/h4-5,8-9,12,15,17H,3,6-7,10-11H2,1-2H3. The molecule has 18 heavy (non-hydrogen) atoms. The smallest absolute Gasteiger partial charge is 0.127 e. The second-order valence-corrected chi connectivity index (χ2v) is 5.25. The average molecular weight is 250 g/mol. The van der Waals surface area contributed by atoms with Crippen LogP contribution >= 0.6 is 0 Å². The molecule has 100 valence electrons. The predicted molar refractivity (Wildman–Crippen MR) is 73.1 cm³/mol. The summed E-state index contributed by atoms with van der Waals surface area (Å²) >= 11 is 0. The first-order chi connectivity index (χ1) is 8.70. The molecule has 0 aliphatic carbocycles. The van der Waals surface area contributed by atoms with Gasteiger partial charge in [-0.25, -0.2) is 4.39 Å². The monoisotopic (exact) mass is 250 g/mol. The van der Waals surface area contributed by atoms with Gasteiger partial charge in [0.2, 0.25) is 0 Å². The first-order valence-corrected chi connectivity index (χ1v) is 6.89. The number of hydrogen-bond acceptors (Lipinski definition) is 2.